The third-order valence-corrected chi connectivity index (χ3v) is 3.52. The summed E-state index contributed by atoms with van der Waals surface area (Å²) in [6.45, 7) is 0.508. The summed E-state index contributed by atoms with van der Waals surface area (Å²) in [5, 5.41) is 4.60. The van der Waals surface area contributed by atoms with Gasteiger partial charge in [-0.25, -0.2) is 4.79 Å². The minimum absolute atomic E-state index is 0.483. The molecule has 21 heavy (non-hydrogen) atoms. The molecule has 0 radical (unpaired) electrons. The van der Waals surface area contributed by atoms with Crippen LogP contribution in [0.1, 0.15) is 12.0 Å². The van der Waals surface area contributed by atoms with E-state index in [9.17, 15) is 4.79 Å². The quantitative estimate of drug-likeness (QED) is 0.784. The van der Waals surface area contributed by atoms with E-state index in [0.29, 0.717) is 18.0 Å². The zero-order chi connectivity index (χ0) is 14.7. The van der Waals surface area contributed by atoms with E-state index >= 15 is 0 Å². The van der Waals surface area contributed by atoms with Gasteiger partial charge in [0.2, 0.25) is 0 Å². The molecule has 0 spiro atoms. The van der Waals surface area contributed by atoms with Crippen LogP contribution in [0.3, 0.4) is 0 Å². The molecule has 2 aromatic rings. The highest BCUT2D eigenvalue weighted by Crippen LogP contribution is 2.21. The fourth-order valence-electron chi connectivity index (χ4n) is 2.18. The fourth-order valence-corrected chi connectivity index (χ4v) is 2.31. The SMILES string of the molecule is O=C1ON=C(c2ccccc2)CCN1c1ccc(Cl)cc1. The summed E-state index contributed by atoms with van der Waals surface area (Å²) in [4.78, 5) is 18.6. The lowest BCUT2D eigenvalue weighted by molar-refractivity contribution is 0.160. The Bertz CT molecular complexity index is 668. The first-order valence-electron chi connectivity index (χ1n) is 6.60. The maximum atomic E-state index is 12.0. The van der Waals surface area contributed by atoms with Gasteiger partial charge in [-0.15, -0.1) is 0 Å². The molecular weight excluding hydrogens is 288 g/mol. The fraction of sp³-hybridized carbons (Fsp3) is 0.125. The van der Waals surface area contributed by atoms with Gasteiger partial charge in [-0.2, -0.15) is 0 Å². The summed E-state index contributed by atoms with van der Waals surface area (Å²) in [7, 11) is 0. The molecule has 1 heterocycles. The monoisotopic (exact) mass is 300 g/mol. The molecule has 0 saturated carbocycles. The van der Waals surface area contributed by atoms with Gasteiger partial charge in [0.25, 0.3) is 0 Å². The first-order valence-corrected chi connectivity index (χ1v) is 6.98. The van der Waals surface area contributed by atoms with Crippen molar-refractivity contribution in [3.8, 4) is 0 Å². The first-order chi connectivity index (χ1) is 10.2. The lowest BCUT2D eigenvalue weighted by Gasteiger charge is -2.18. The maximum Gasteiger partial charge on any atom is 0.440 e. The molecule has 0 N–H and O–H groups in total. The Morgan fingerprint density at radius 3 is 2.48 bits per heavy atom. The van der Waals surface area contributed by atoms with Crippen LogP contribution in [-0.2, 0) is 4.84 Å². The van der Waals surface area contributed by atoms with Gasteiger partial charge in [0.1, 0.15) is 0 Å². The molecule has 0 aliphatic carbocycles. The summed E-state index contributed by atoms with van der Waals surface area (Å²) >= 11 is 5.87. The molecule has 0 saturated heterocycles. The highest BCUT2D eigenvalue weighted by atomic mass is 35.5. The lowest BCUT2D eigenvalue weighted by atomic mass is 10.1. The number of carbonyl (C=O) groups is 1. The van der Waals surface area contributed by atoms with E-state index < -0.39 is 6.09 Å². The van der Waals surface area contributed by atoms with Crippen LogP contribution in [0.5, 0.6) is 0 Å². The van der Waals surface area contributed by atoms with Gasteiger partial charge in [0.15, 0.2) is 0 Å². The van der Waals surface area contributed by atoms with Gasteiger partial charge in [0.05, 0.1) is 5.71 Å². The largest absolute Gasteiger partial charge is 0.440 e. The van der Waals surface area contributed by atoms with Crippen LogP contribution in [0.25, 0.3) is 0 Å². The number of hydrogen-bond donors (Lipinski definition) is 0. The lowest BCUT2D eigenvalue weighted by Crippen LogP contribution is -2.30. The summed E-state index contributed by atoms with van der Waals surface area (Å²) < 4.78 is 0. The van der Waals surface area contributed by atoms with Crippen molar-refractivity contribution in [1.82, 2.24) is 0 Å². The molecular formula is C16H13ClN2O2. The molecule has 0 unspecified atom stereocenters. The van der Waals surface area contributed by atoms with Crippen LogP contribution in [-0.4, -0.2) is 18.3 Å². The topological polar surface area (TPSA) is 41.9 Å². The second kappa shape index (κ2) is 5.97. The van der Waals surface area contributed by atoms with Gasteiger partial charge in [-0.05, 0) is 29.8 Å². The number of benzene rings is 2. The maximum absolute atomic E-state index is 12.0. The van der Waals surface area contributed by atoms with Crippen molar-refractivity contribution >= 4 is 29.1 Å². The van der Waals surface area contributed by atoms with Gasteiger partial charge < -0.3 is 0 Å². The van der Waals surface area contributed by atoms with E-state index in [2.05, 4.69) is 5.16 Å². The molecule has 1 amide bonds. The van der Waals surface area contributed by atoms with Gasteiger partial charge in [-0.1, -0.05) is 47.1 Å². The highest BCUT2D eigenvalue weighted by Gasteiger charge is 2.22. The Balaban J connectivity index is 1.81. The Kier molecular flexibility index (Phi) is 3.88. The summed E-state index contributed by atoms with van der Waals surface area (Å²) in [5.41, 5.74) is 2.47. The Hall–Kier alpha value is -2.33. The molecule has 1 aliphatic rings. The van der Waals surface area contributed by atoms with E-state index in [0.717, 1.165) is 17.0 Å². The second-order valence-corrected chi connectivity index (χ2v) is 5.08. The number of nitrogens with zero attached hydrogens (tertiary/aromatic N) is 2. The molecule has 2 aromatic carbocycles. The second-order valence-electron chi connectivity index (χ2n) is 4.64. The zero-order valence-corrected chi connectivity index (χ0v) is 12.0. The Morgan fingerprint density at radius 2 is 1.76 bits per heavy atom. The molecule has 3 rings (SSSR count). The highest BCUT2D eigenvalue weighted by molar-refractivity contribution is 6.30. The predicted octanol–water partition coefficient (Wildman–Crippen LogP) is 4.09. The van der Waals surface area contributed by atoms with Gasteiger partial charge in [-0.3, -0.25) is 9.74 Å². The minimum atomic E-state index is -0.483. The normalized spacial score (nSPS) is 15.2. The molecule has 1 aliphatic heterocycles. The minimum Gasteiger partial charge on any atom is -0.297 e. The first kappa shape index (κ1) is 13.6. The Morgan fingerprint density at radius 1 is 1.05 bits per heavy atom. The summed E-state index contributed by atoms with van der Waals surface area (Å²) in [5.74, 6) is 0. The Labute approximate surface area is 127 Å². The van der Waals surface area contributed by atoms with Crippen LogP contribution in [0.4, 0.5) is 10.5 Å². The summed E-state index contributed by atoms with van der Waals surface area (Å²) in [6, 6.07) is 16.8. The molecule has 0 bridgehead atoms. The van der Waals surface area contributed by atoms with Crippen LogP contribution in [0, 0.1) is 0 Å². The van der Waals surface area contributed by atoms with Crippen LogP contribution in [0.15, 0.2) is 59.8 Å². The number of oxime groups is 1. The number of rotatable bonds is 2. The number of anilines is 1. The van der Waals surface area contributed by atoms with E-state index in [1.165, 1.54) is 0 Å². The third kappa shape index (κ3) is 3.06. The third-order valence-electron chi connectivity index (χ3n) is 3.27. The van der Waals surface area contributed by atoms with Crippen molar-refractivity contribution in [3.63, 3.8) is 0 Å². The molecule has 5 heteroatoms. The van der Waals surface area contributed by atoms with Crippen molar-refractivity contribution in [2.75, 3.05) is 11.4 Å². The van der Waals surface area contributed by atoms with E-state index in [1.54, 1.807) is 29.2 Å². The van der Waals surface area contributed by atoms with E-state index in [-0.39, 0.29) is 0 Å². The number of halogens is 1. The van der Waals surface area contributed by atoms with Crippen molar-refractivity contribution in [3.05, 3.63) is 65.2 Å². The number of hydrogen-bond acceptors (Lipinski definition) is 3. The average molecular weight is 301 g/mol. The molecule has 106 valence electrons. The smallest absolute Gasteiger partial charge is 0.297 e. The molecule has 0 atom stereocenters. The molecule has 0 fully saturated rings. The van der Waals surface area contributed by atoms with Gasteiger partial charge in [0, 0.05) is 23.7 Å². The van der Waals surface area contributed by atoms with Crippen LogP contribution >= 0.6 is 11.6 Å². The van der Waals surface area contributed by atoms with Crippen molar-refractivity contribution in [2.45, 2.75) is 6.42 Å². The number of carbonyl (C=O) groups excluding carboxylic acids is 1. The summed E-state index contributed by atoms with van der Waals surface area (Å²) in [6.07, 6.45) is 0.140. The standard InChI is InChI=1S/C16H13ClN2O2/c17-13-6-8-14(9-7-13)19-11-10-15(18-21-16(19)20)12-4-2-1-3-5-12/h1-9H,10-11H2. The van der Waals surface area contributed by atoms with Crippen molar-refractivity contribution in [1.29, 1.82) is 0 Å². The van der Waals surface area contributed by atoms with Crippen molar-refractivity contribution < 1.29 is 9.63 Å². The average Bonchev–Trinajstić information content (AvgIpc) is 2.71. The van der Waals surface area contributed by atoms with Gasteiger partial charge >= 0.3 is 6.09 Å². The zero-order valence-electron chi connectivity index (χ0n) is 11.2. The van der Waals surface area contributed by atoms with Crippen molar-refractivity contribution in [2.24, 2.45) is 5.16 Å². The van der Waals surface area contributed by atoms with E-state index in [1.807, 2.05) is 30.3 Å². The van der Waals surface area contributed by atoms with E-state index in [4.69, 9.17) is 16.4 Å². The van der Waals surface area contributed by atoms with Crippen LogP contribution in [0.2, 0.25) is 5.02 Å². The molecule has 0 aromatic heterocycles. The number of amides is 1. The molecule has 4 nitrogen and oxygen atoms in total. The predicted molar refractivity (Wildman–Crippen MR) is 82.9 cm³/mol. The van der Waals surface area contributed by atoms with Crippen LogP contribution < -0.4 is 4.90 Å².